The molecule has 90 valence electrons. The first-order valence-electron chi connectivity index (χ1n) is 5.83. The summed E-state index contributed by atoms with van der Waals surface area (Å²) in [6, 6.07) is 8.09. The van der Waals surface area contributed by atoms with E-state index in [0.29, 0.717) is 5.56 Å². The van der Waals surface area contributed by atoms with E-state index in [9.17, 15) is 5.11 Å². The molecule has 0 radical (unpaired) electrons. The topological polar surface area (TPSA) is 47.3 Å². The zero-order valence-electron chi connectivity index (χ0n) is 9.56. The second-order valence-electron chi connectivity index (χ2n) is 4.30. The van der Waals surface area contributed by atoms with Crippen LogP contribution in [0.15, 0.2) is 22.7 Å². The quantitative estimate of drug-likeness (QED) is 0.912. The van der Waals surface area contributed by atoms with Gasteiger partial charge in [-0.1, -0.05) is 0 Å². The maximum Gasteiger partial charge on any atom is 0.100 e. The summed E-state index contributed by atoms with van der Waals surface area (Å²) < 4.78 is 0.819. The fourth-order valence-corrected chi connectivity index (χ4v) is 2.76. The van der Waals surface area contributed by atoms with Gasteiger partial charge >= 0.3 is 0 Å². The second kappa shape index (κ2) is 5.52. The molecule has 17 heavy (non-hydrogen) atoms. The molecule has 1 aliphatic heterocycles. The fourth-order valence-electron chi connectivity index (χ4n) is 2.30. The third-order valence-electron chi connectivity index (χ3n) is 3.24. The molecule has 1 unspecified atom stereocenters. The van der Waals surface area contributed by atoms with E-state index in [2.05, 4.69) is 26.9 Å². The molecule has 1 fully saturated rings. The lowest BCUT2D eigenvalue weighted by Crippen LogP contribution is -2.41. The van der Waals surface area contributed by atoms with Crippen LogP contribution < -0.4 is 4.90 Å². The number of hydrogen-bond donors (Lipinski definition) is 1. The van der Waals surface area contributed by atoms with E-state index in [-0.39, 0.29) is 12.6 Å². The predicted octanol–water partition coefficient (Wildman–Crippen LogP) is 2.67. The first kappa shape index (κ1) is 12.4. The number of benzene rings is 1. The van der Waals surface area contributed by atoms with Crippen molar-refractivity contribution in [3.05, 3.63) is 28.2 Å². The summed E-state index contributed by atoms with van der Waals surface area (Å²) in [5, 5.41) is 18.3. The third-order valence-corrected chi connectivity index (χ3v) is 3.90. The van der Waals surface area contributed by atoms with Crippen molar-refractivity contribution >= 4 is 21.6 Å². The van der Waals surface area contributed by atoms with Crippen molar-refractivity contribution in [1.29, 1.82) is 5.26 Å². The van der Waals surface area contributed by atoms with Crippen LogP contribution in [-0.2, 0) is 0 Å². The van der Waals surface area contributed by atoms with Crippen LogP contribution in [0.3, 0.4) is 0 Å². The summed E-state index contributed by atoms with van der Waals surface area (Å²) in [7, 11) is 0. The molecule has 4 heteroatoms. The molecule has 1 N–H and O–H groups in total. The van der Waals surface area contributed by atoms with E-state index < -0.39 is 0 Å². The molecule has 1 saturated heterocycles. The molecule has 0 amide bonds. The SMILES string of the molecule is N#Cc1ccc(N2CCCCC2CO)cc1Br. The van der Waals surface area contributed by atoms with Crippen LogP contribution in [0.4, 0.5) is 5.69 Å². The number of aliphatic hydroxyl groups is 1. The van der Waals surface area contributed by atoms with Gasteiger partial charge in [0, 0.05) is 16.7 Å². The van der Waals surface area contributed by atoms with Crippen LogP contribution in [-0.4, -0.2) is 24.3 Å². The highest BCUT2D eigenvalue weighted by Gasteiger charge is 2.22. The molecule has 1 atom stereocenters. The van der Waals surface area contributed by atoms with E-state index in [1.165, 1.54) is 6.42 Å². The van der Waals surface area contributed by atoms with E-state index in [4.69, 9.17) is 5.26 Å². The zero-order chi connectivity index (χ0) is 12.3. The van der Waals surface area contributed by atoms with Gasteiger partial charge in [-0.2, -0.15) is 5.26 Å². The Morgan fingerprint density at radius 1 is 1.47 bits per heavy atom. The Hall–Kier alpha value is -1.05. The minimum Gasteiger partial charge on any atom is -0.394 e. The number of piperidine rings is 1. The van der Waals surface area contributed by atoms with Gasteiger partial charge in [-0.25, -0.2) is 0 Å². The van der Waals surface area contributed by atoms with E-state index in [0.717, 1.165) is 29.5 Å². The van der Waals surface area contributed by atoms with Gasteiger partial charge in [0.2, 0.25) is 0 Å². The van der Waals surface area contributed by atoms with Crippen molar-refractivity contribution in [1.82, 2.24) is 0 Å². The van der Waals surface area contributed by atoms with Crippen LogP contribution in [0.5, 0.6) is 0 Å². The number of hydrogen-bond acceptors (Lipinski definition) is 3. The van der Waals surface area contributed by atoms with Gasteiger partial charge in [0.05, 0.1) is 18.2 Å². The monoisotopic (exact) mass is 294 g/mol. The number of halogens is 1. The van der Waals surface area contributed by atoms with Crippen molar-refractivity contribution < 1.29 is 5.11 Å². The average Bonchev–Trinajstić information content (AvgIpc) is 2.38. The molecule has 0 saturated carbocycles. The second-order valence-corrected chi connectivity index (χ2v) is 5.16. The molecular formula is C13H15BrN2O. The van der Waals surface area contributed by atoms with E-state index >= 15 is 0 Å². The summed E-state index contributed by atoms with van der Waals surface area (Å²) in [4.78, 5) is 2.23. The smallest absolute Gasteiger partial charge is 0.100 e. The number of rotatable bonds is 2. The maximum atomic E-state index is 9.39. The summed E-state index contributed by atoms with van der Waals surface area (Å²) in [5.41, 5.74) is 1.72. The first-order valence-corrected chi connectivity index (χ1v) is 6.62. The van der Waals surface area contributed by atoms with Crippen molar-refractivity contribution in [2.75, 3.05) is 18.1 Å². The molecule has 1 aliphatic rings. The first-order chi connectivity index (χ1) is 8.26. The normalized spacial score (nSPS) is 20.1. The molecule has 0 aliphatic carbocycles. The lowest BCUT2D eigenvalue weighted by Gasteiger charge is -2.36. The van der Waals surface area contributed by atoms with Gasteiger partial charge in [0.1, 0.15) is 6.07 Å². The van der Waals surface area contributed by atoms with Crippen LogP contribution in [0.2, 0.25) is 0 Å². The summed E-state index contributed by atoms with van der Waals surface area (Å²) >= 11 is 3.40. The average molecular weight is 295 g/mol. The van der Waals surface area contributed by atoms with Gasteiger partial charge in [-0.3, -0.25) is 0 Å². The molecular weight excluding hydrogens is 280 g/mol. The van der Waals surface area contributed by atoms with Gasteiger partial charge < -0.3 is 10.0 Å². The standard InChI is InChI=1S/C13H15BrN2O/c14-13-7-11(5-4-10(13)8-15)16-6-2-1-3-12(16)9-17/h4-5,7,12,17H,1-3,6,9H2. The highest BCUT2D eigenvalue weighted by molar-refractivity contribution is 9.10. The van der Waals surface area contributed by atoms with Crippen LogP contribution in [0.1, 0.15) is 24.8 Å². The Kier molecular flexibility index (Phi) is 4.03. The van der Waals surface area contributed by atoms with E-state index in [1.807, 2.05) is 18.2 Å². The lowest BCUT2D eigenvalue weighted by molar-refractivity contribution is 0.240. The lowest BCUT2D eigenvalue weighted by atomic mass is 10.0. The van der Waals surface area contributed by atoms with Gasteiger partial charge in [0.25, 0.3) is 0 Å². The molecule has 3 nitrogen and oxygen atoms in total. The van der Waals surface area contributed by atoms with Crippen LogP contribution in [0, 0.1) is 11.3 Å². The molecule has 2 rings (SSSR count). The predicted molar refractivity (Wildman–Crippen MR) is 70.9 cm³/mol. The van der Waals surface area contributed by atoms with Crippen LogP contribution >= 0.6 is 15.9 Å². The molecule has 0 spiro atoms. The highest BCUT2D eigenvalue weighted by atomic mass is 79.9. The van der Waals surface area contributed by atoms with Gasteiger partial charge in [-0.05, 0) is 53.4 Å². The molecule has 1 aromatic rings. The van der Waals surface area contributed by atoms with Gasteiger partial charge in [0.15, 0.2) is 0 Å². The molecule has 0 aromatic heterocycles. The Bertz CT molecular complexity index is 442. The zero-order valence-corrected chi connectivity index (χ0v) is 11.2. The molecule has 0 bridgehead atoms. The van der Waals surface area contributed by atoms with E-state index in [1.54, 1.807) is 0 Å². The molecule has 1 aromatic carbocycles. The largest absolute Gasteiger partial charge is 0.394 e. The number of nitriles is 1. The van der Waals surface area contributed by atoms with Crippen molar-refractivity contribution in [2.24, 2.45) is 0 Å². The van der Waals surface area contributed by atoms with Gasteiger partial charge in [-0.15, -0.1) is 0 Å². The summed E-state index contributed by atoms with van der Waals surface area (Å²) in [6.45, 7) is 1.17. The van der Waals surface area contributed by atoms with Crippen molar-refractivity contribution in [2.45, 2.75) is 25.3 Å². The minimum absolute atomic E-state index is 0.192. The van der Waals surface area contributed by atoms with Crippen molar-refractivity contribution in [3.63, 3.8) is 0 Å². The Balaban J connectivity index is 2.26. The van der Waals surface area contributed by atoms with Crippen molar-refractivity contribution in [3.8, 4) is 6.07 Å². The number of nitrogens with zero attached hydrogens (tertiary/aromatic N) is 2. The Morgan fingerprint density at radius 3 is 2.94 bits per heavy atom. The minimum atomic E-state index is 0.192. The number of aliphatic hydroxyl groups excluding tert-OH is 1. The Labute approximate surface area is 110 Å². The fraction of sp³-hybridized carbons (Fsp3) is 0.462. The number of anilines is 1. The Morgan fingerprint density at radius 2 is 2.29 bits per heavy atom. The summed E-state index contributed by atoms with van der Waals surface area (Å²) in [5.74, 6) is 0. The van der Waals surface area contributed by atoms with Crippen LogP contribution in [0.25, 0.3) is 0 Å². The molecule has 1 heterocycles. The third kappa shape index (κ3) is 2.62. The highest BCUT2D eigenvalue weighted by Crippen LogP contribution is 2.28. The maximum absolute atomic E-state index is 9.39. The summed E-state index contributed by atoms with van der Waals surface area (Å²) in [6.07, 6.45) is 3.38.